The van der Waals surface area contributed by atoms with Gasteiger partial charge in [-0.05, 0) is 49.2 Å². The first-order chi connectivity index (χ1) is 12.4. The molecule has 26 heavy (non-hydrogen) atoms. The average Bonchev–Trinajstić information content (AvgIpc) is 2.59. The van der Waals surface area contributed by atoms with Crippen LogP contribution in [-0.4, -0.2) is 30.0 Å². The number of pyridine rings is 1. The van der Waals surface area contributed by atoms with E-state index in [2.05, 4.69) is 4.98 Å². The van der Waals surface area contributed by atoms with Gasteiger partial charge in [-0.1, -0.05) is 17.7 Å². The van der Waals surface area contributed by atoms with Crippen LogP contribution in [0.25, 0.3) is 0 Å². The Morgan fingerprint density at radius 1 is 1.23 bits per heavy atom. The first kappa shape index (κ1) is 19.4. The molecule has 1 aromatic heterocycles. The largest absolute Gasteiger partial charge is 0.452 e. The van der Waals surface area contributed by atoms with Crippen molar-refractivity contribution in [2.75, 3.05) is 18.1 Å². The summed E-state index contributed by atoms with van der Waals surface area (Å²) in [6.07, 6.45) is 1.56. The quantitative estimate of drug-likeness (QED) is 0.573. The van der Waals surface area contributed by atoms with E-state index in [0.29, 0.717) is 5.69 Å². The number of halogens is 1. The number of anilines is 1. The van der Waals surface area contributed by atoms with Crippen LogP contribution in [0.3, 0.4) is 0 Å². The first-order valence-electron chi connectivity index (χ1n) is 7.95. The molecule has 7 heteroatoms. The summed E-state index contributed by atoms with van der Waals surface area (Å²) in [5.41, 5.74) is 2.88. The SMILES string of the molecule is Cc1cc(C)cc(N(CCC#N)C(=O)COC(=O)c2ccnc(Cl)c2)c1. The van der Waals surface area contributed by atoms with Gasteiger partial charge in [0.2, 0.25) is 0 Å². The van der Waals surface area contributed by atoms with E-state index in [-0.39, 0.29) is 23.7 Å². The Labute approximate surface area is 157 Å². The predicted molar refractivity (Wildman–Crippen MR) is 98.0 cm³/mol. The molecule has 0 aliphatic carbocycles. The number of hydrogen-bond donors (Lipinski definition) is 0. The number of nitriles is 1. The minimum atomic E-state index is -0.664. The Morgan fingerprint density at radius 2 is 1.92 bits per heavy atom. The number of ether oxygens (including phenoxy) is 1. The van der Waals surface area contributed by atoms with Crippen LogP contribution in [-0.2, 0) is 9.53 Å². The zero-order valence-corrected chi connectivity index (χ0v) is 15.3. The lowest BCUT2D eigenvalue weighted by molar-refractivity contribution is -0.121. The molecule has 1 aromatic carbocycles. The minimum absolute atomic E-state index is 0.164. The van der Waals surface area contributed by atoms with Crippen LogP contribution in [0.5, 0.6) is 0 Å². The van der Waals surface area contributed by atoms with Crippen molar-refractivity contribution in [1.82, 2.24) is 4.98 Å². The summed E-state index contributed by atoms with van der Waals surface area (Å²) < 4.78 is 5.09. The number of aryl methyl sites for hydroxylation is 2. The molecule has 2 rings (SSSR count). The number of carbonyl (C=O) groups is 2. The van der Waals surface area contributed by atoms with E-state index in [0.717, 1.165) is 11.1 Å². The second-order valence-electron chi connectivity index (χ2n) is 5.74. The monoisotopic (exact) mass is 371 g/mol. The maximum Gasteiger partial charge on any atom is 0.338 e. The summed E-state index contributed by atoms with van der Waals surface area (Å²) in [6, 6.07) is 10.5. The van der Waals surface area contributed by atoms with Crippen molar-refractivity contribution >= 4 is 29.2 Å². The molecule has 0 unspecified atom stereocenters. The standard InChI is InChI=1S/C19H18ClN3O3/c1-13-8-14(2)10-16(9-13)23(7-3-5-21)18(24)12-26-19(25)15-4-6-22-17(20)11-15/h4,6,8-11H,3,7,12H2,1-2H3. The highest BCUT2D eigenvalue weighted by Crippen LogP contribution is 2.19. The molecule has 0 spiro atoms. The Balaban J connectivity index is 2.11. The van der Waals surface area contributed by atoms with Gasteiger partial charge in [0.25, 0.3) is 5.91 Å². The average molecular weight is 372 g/mol. The van der Waals surface area contributed by atoms with Gasteiger partial charge >= 0.3 is 5.97 Å². The minimum Gasteiger partial charge on any atom is -0.452 e. The van der Waals surface area contributed by atoms with Gasteiger partial charge in [-0.3, -0.25) is 4.79 Å². The summed E-state index contributed by atoms with van der Waals surface area (Å²) in [5, 5.41) is 9.02. The van der Waals surface area contributed by atoms with Gasteiger partial charge in [-0.15, -0.1) is 0 Å². The van der Waals surface area contributed by atoms with Crippen molar-refractivity contribution in [2.24, 2.45) is 0 Å². The van der Waals surface area contributed by atoms with Crippen LogP contribution >= 0.6 is 11.6 Å². The van der Waals surface area contributed by atoms with E-state index in [1.807, 2.05) is 38.1 Å². The van der Waals surface area contributed by atoms with Gasteiger partial charge in [0, 0.05) is 18.4 Å². The molecule has 0 fully saturated rings. The van der Waals surface area contributed by atoms with Crippen molar-refractivity contribution < 1.29 is 14.3 Å². The third-order valence-electron chi connectivity index (χ3n) is 3.56. The number of nitrogens with zero attached hydrogens (tertiary/aromatic N) is 3. The molecule has 1 heterocycles. The topological polar surface area (TPSA) is 83.3 Å². The summed E-state index contributed by atoms with van der Waals surface area (Å²) in [5.74, 6) is -1.07. The maximum absolute atomic E-state index is 12.6. The molecule has 0 atom stereocenters. The molecule has 1 amide bonds. The van der Waals surface area contributed by atoms with E-state index in [1.165, 1.54) is 23.2 Å². The van der Waals surface area contributed by atoms with Gasteiger partial charge in [-0.2, -0.15) is 5.26 Å². The number of rotatable bonds is 6. The predicted octanol–water partition coefficient (Wildman–Crippen LogP) is 3.46. The Morgan fingerprint density at radius 3 is 2.54 bits per heavy atom. The lowest BCUT2D eigenvalue weighted by atomic mass is 10.1. The smallest absolute Gasteiger partial charge is 0.338 e. The van der Waals surface area contributed by atoms with Crippen molar-refractivity contribution in [3.8, 4) is 6.07 Å². The Bertz CT molecular complexity index is 841. The molecule has 0 aliphatic heterocycles. The third-order valence-corrected chi connectivity index (χ3v) is 3.76. The molecule has 6 nitrogen and oxygen atoms in total. The van der Waals surface area contributed by atoms with Crippen LogP contribution < -0.4 is 4.90 Å². The van der Waals surface area contributed by atoms with Crippen molar-refractivity contribution in [1.29, 1.82) is 5.26 Å². The molecule has 134 valence electrons. The lowest BCUT2D eigenvalue weighted by Gasteiger charge is -2.22. The van der Waals surface area contributed by atoms with Crippen LogP contribution in [0.15, 0.2) is 36.5 Å². The zero-order valence-electron chi connectivity index (χ0n) is 14.5. The lowest BCUT2D eigenvalue weighted by Crippen LogP contribution is -2.35. The molecular formula is C19H18ClN3O3. The fraction of sp³-hybridized carbons (Fsp3) is 0.263. The third kappa shape index (κ3) is 5.30. The highest BCUT2D eigenvalue weighted by atomic mass is 35.5. The van der Waals surface area contributed by atoms with Crippen molar-refractivity contribution in [3.63, 3.8) is 0 Å². The summed E-state index contributed by atoms with van der Waals surface area (Å²) in [4.78, 5) is 29.9. The summed E-state index contributed by atoms with van der Waals surface area (Å²) >= 11 is 5.74. The van der Waals surface area contributed by atoms with Gasteiger partial charge in [0.1, 0.15) is 5.15 Å². The van der Waals surface area contributed by atoms with Crippen molar-refractivity contribution in [3.05, 3.63) is 58.4 Å². The molecule has 0 saturated carbocycles. The molecule has 0 N–H and O–H groups in total. The van der Waals surface area contributed by atoms with Gasteiger partial charge in [-0.25, -0.2) is 9.78 Å². The number of benzene rings is 1. The number of aromatic nitrogens is 1. The second kappa shape index (κ2) is 8.97. The highest BCUT2D eigenvalue weighted by molar-refractivity contribution is 6.29. The highest BCUT2D eigenvalue weighted by Gasteiger charge is 2.19. The molecule has 0 bridgehead atoms. The molecular weight excluding hydrogens is 354 g/mol. The van der Waals surface area contributed by atoms with Crippen LogP contribution in [0.4, 0.5) is 5.69 Å². The normalized spacial score (nSPS) is 10.1. The summed E-state index contributed by atoms with van der Waals surface area (Å²) in [6.45, 7) is 3.64. The van der Waals surface area contributed by atoms with Gasteiger partial charge in [0.15, 0.2) is 6.61 Å². The van der Waals surface area contributed by atoms with Crippen LogP contribution in [0, 0.1) is 25.2 Å². The Hall–Kier alpha value is -2.91. The molecule has 0 saturated heterocycles. The fourth-order valence-electron chi connectivity index (χ4n) is 2.48. The molecule has 0 radical (unpaired) electrons. The maximum atomic E-state index is 12.6. The van der Waals surface area contributed by atoms with Crippen LogP contribution in [0.2, 0.25) is 5.15 Å². The molecule has 2 aromatic rings. The van der Waals surface area contributed by atoms with Gasteiger partial charge < -0.3 is 9.64 Å². The summed E-state index contributed by atoms with van der Waals surface area (Å²) in [7, 11) is 0. The van der Waals surface area contributed by atoms with Crippen LogP contribution in [0.1, 0.15) is 27.9 Å². The van der Waals surface area contributed by atoms with Gasteiger partial charge in [0.05, 0.1) is 18.1 Å². The number of amides is 1. The fourth-order valence-corrected chi connectivity index (χ4v) is 2.66. The zero-order chi connectivity index (χ0) is 19.1. The Kier molecular flexibility index (Phi) is 6.70. The number of hydrogen-bond acceptors (Lipinski definition) is 5. The second-order valence-corrected chi connectivity index (χ2v) is 6.13. The van der Waals surface area contributed by atoms with E-state index in [1.54, 1.807) is 0 Å². The van der Waals surface area contributed by atoms with Crippen molar-refractivity contribution in [2.45, 2.75) is 20.3 Å². The van der Waals surface area contributed by atoms with E-state index < -0.39 is 18.5 Å². The first-order valence-corrected chi connectivity index (χ1v) is 8.33. The van der Waals surface area contributed by atoms with E-state index in [9.17, 15) is 9.59 Å². The number of carbonyl (C=O) groups excluding carboxylic acids is 2. The number of esters is 1. The van der Waals surface area contributed by atoms with E-state index >= 15 is 0 Å². The molecule has 0 aliphatic rings. The van der Waals surface area contributed by atoms with E-state index in [4.69, 9.17) is 21.6 Å².